The van der Waals surface area contributed by atoms with Crippen molar-refractivity contribution in [3.05, 3.63) is 16.4 Å². The second-order valence-corrected chi connectivity index (χ2v) is 13.3. The zero-order valence-electron chi connectivity index (χ0n) is 24.7. The molecule has 238 valence electrons. The van der Waals surface area contributed by atoms with E-state index in [0.717, 1.165) is 12.8 Å². The number of halogens is 4. The lowest BCUT2D eigenvalue weighted by molar-refractivity contribution is -0.277. The predicted molar refractivity (Wildman–Crippen MR) is 151 cm³/mol. The van der Waals surface area contributed by atoms with Crippen LogP contribution in [0.3, 0.4) is 0 Å². The van der Waals surface area contributed by atoms with Gasteiger partial charge in [-0.25, -0.2) is 14.6 Å². The van der Waals surface area contributed by atoms with Crippen molar-refractivity contribution in [2.24, 2.45) is 0 Å². The number of ether oxygens (including phenoxy) is 3. The summed E-state index contributed by atoms with van der Waals surface area (Å²) in [5.41, 5.74) is -6.14. The molecule has 2 aromatic heterocycles. The van der Waals surface area contributed by atoms with E-state index >= 15 is 0 Å². The van der Waals surface area contributed by atoms with Gasteiger partial charge >= 0.3 is 18.4 Å². The number of nitrogens with zero attached hydrogens (tertiary/aromatic N) is 5. The minimum atomic E-state index is -5.17. The summed E-state index contributed by atoms with van der Waals surface area (Å²) in [4.78, 5) is 34.1. The first-order valence-corrected chi connectivity index (χ1v) is 14.5. The van der Waals surface area contributed by atoms with Gasteiger partial charge in [-0.3, -0.25) is 0 Å². The van der Waals surface area contributed by atoms with Crippen molar-refractivity contribution in [2.45, 2.75) is 96.2 Å². The Kier molecular flexibility index (Phi) is 9.07. The Morgan fingerprint density at radius 3 is 2.30 bits per heavy atom. The molecule has 2 aromatic rings. The SMILES string of the molecule is CC(C)(C)OC(=O)N(C(=O)OC(C)(C)C)c1cc(Br)c2nc1-c1nnc(o1)C(O)(C(F)(F)F)CCCOC[C@@H]1CCCN21. The maximum Gasteiger partial charge on any atom is 0.426 e. The van der Waals surface area contributed by atoms with Crippen molar-refractivity contribution >= 4 is 39.6 Å². The summed E-state index contributed by atoms with van der Waals surface area (Å²) in [5, 5.41) is 18.1. The van der Waals surface area contributed by atoms with E-state index < -0.39 is 53.4 Å². The number of carbonyl (C=O) groups excluding carboxylic acids is 2. The normalized spacial score (nSPS) is 21.6. The third kappa shape index (κ3) is 7.23. The van der Waals surface area contributed by atoms with Crippen LogP contribution in [0.25, 0.3) is 11.6 Å². The van der Waals surface area contributed by atoms with Crippen LogP contribution in [0.1, 0.15) is 73.1 Å². The number of alkyl halides is 3. The lowest BCUT2D eigenvalue weighted by atomic mass is 9.97. The molecule has 1 N–H and O–H groups in total. The fraction of sp³-hybridized carbons (Fsp3) is 0.667. The standard InChI is InChI=1S/C27H35BrF3N5O7/c1-24(2,3)42-22(37)36(23(38)43-25(4,5)6)17-13-16(28)19-32-18(17)20-33-34-21(41-20)26(39,27(29,30)31)10-8-12-40-14-15-9-7-11-35(15)19/h13,15,39H,7-12,14H2,1-6H3/t15-,26?/m0/s1. The van der Waals surface area contributed by atoms with Gasteiger partial charge in [-0.15, -0.1) is 10.2 Å². The van der Waals surface area contributed by atoms with Gasteiger partial charge in [0.25, 0.3) is 11.8 Å². The molecule has 0 saturated carbocycles. The van der Waals surface area contributed by atoms with Crippen LogP contribution < -0.4 is 9.80 Å². The largest absolute Gasteiger partial charge is 0.443 e. The van der Waals surface area contributed by atoms with Crippen LogP contribution in [0, 0.1) is 0 Å². The highest BCUT2D eigenvalue weighted by Gasteiger charge is 2.58. The van der Waals surface area contributed by atoms with Crippen molar-refractivity contribution in [1.29, 1.82) is 0 Å². The van der Waals surface area contributed by atoms with Crippen LogP contribution in [0.5, 0.6) is 0 Å². The van der Waals surface area contributed by atoms with Gasteiger partial charge in [0.2, 0.25) is 5.60 Å². The summed E-state index contributed by atoms with van der Waals surface area (Å²) in [6.07, 6.45) is -6.89. The number of hydrogen-bond donors (Lipinski definition) is 1. The van der Waals surface area contributed by atoms with Gasteiger partial charge in [0.1, 0.15) is 17.0 Å². The molecule has 0 spiro atoms. The summed E-state index contributed by atoms with van der Waals surface area (Å²) < 4.78 is 65.0. The molecule has 2 amide bonds. The average Bonchev–Trinajstić information content (AvgIpc) is 3.51. The number of pyridine rings is 1. The summed E-state index contributed by atoms with van der Waals surface area (Å²) in [7, 11) is 0. The number of amides is 2. The quantitative estimate of drug-likeness (QED) is 0.374. The molecule has 1 fully saturated rings. The van der Waals surface area contributed by atoms with Crippen LogP contribution in [-0.4, -0.2) is 75.7 Å². The monoisotopic (exact) mass is 677 g/mol. The van der Waals surface area contributed by atoms with Crippen molar-refractivity contribution in [2.75, 3.05) is 29.6 Å². The lowest BCUT2D eigenvalue weighted by Crippen LogP contribution is -2.44. The van der Waals surface area contributed by atoms with E-state index in [9.17, 15) is 27.9 Å². The summed E-state index contributed by atoms with van der Waals surface area (Å²) >= 11 is 3.49. The van der Waals surface area contributed by atoms with E-state index in [-0.39, 0.29) is 37.1 Å². The van der Waals surface area contributed by atoms with E-state index in [2.05, 4.69) is 31.1 Å². The molecule has 2 aliphatic heterocycles. The van der Waals surface area contributed by atoms with Crippen molar-refractivity contribution in [3.8, 4) is 11.6 Å². The summed E-state index contributed by atoms with van der Waals surface area (Å²) in [6, 6.07) is 1.21. The molecule has 16 heteroatoms. The second kappa shape index (κ2) is 11.8. The number of rotatable bonds is 1. The topological polar surface area (TPSA) is 140 Å². The van der Waals surface area contributed by atoms with E-state index in [1.807, 2.05) is 4.90 Å². The maximum absolute atomic E-state index is 14.2. The molecule has 0 aliphatic carbocycles. The van der Waals surface area contributed by atoms with E-state index in [1.54, 1.807) is 41.5 Å². The Hall–Kier alpha value is -2.98. The molecule has 0 radical (unpaired) electrons. The van der Waals surface area contributed by atoms with Crippen molar-refractivity contribution in [3.63, 3.8) is 0 Å². The van der Waals surface area contributed by atoms with Gasteiger partial charge in [-0.2, -0.15) is 18.1 Å². The van der Waals surface area contributed by atoms with Crippen LogP contribution in [-0.2, 0) is 19.8 Å². The minimum absolute atomic E-state index is 0.0384. The number of imide groups is 1. The molecule has 4 rings (SSSR count). The Balaban J connectivity index is 1.97. The molecular formula is C27H35BrF3N5O7. The Bertz CT molecular complexity index is 1330. The van der Waals surface area contributed by atoms with Gasteiger partial charge in [0, 0.05) is 13.2 Å². The third-order valence-electron chi connectivity index (χ3n) is 6.57. The number of anilines is 2. The Morgan fingerprint density at radius 1 is 1.09 bits per heavy atom. The first-order chi connectivity index (χ1) is 19.8. The first-order valence-electron chi connectivity index (χ1n) is 13.8. The number of carbonyl (C=O) groups is 2. The molecule has 43 heavy (non-hydrogen) atoms. The molecule has 4 bridgehead atoms. The van der Waals surface area contributed by atoms with Gasteiger partial charge in [0.05, 0.1) is 22.8 Å². The zero-order valence-corrected chi connectivity index (χ0v) is 26.3. The molecule has 4 heterocycles. The minimum Gasteiger partial charge on any atom is -0.443 e. The van der Waals surface area contributed by atoms with E-state index in [1.165, 1.54) is 6.07 Å². The van der Waals surface area contributed by atoms with E-state index in [4.69, 9.17) is 18.6 Å². The molecule has 1 saturated heterocycles. The molecule has 12 nitrogen and oxygen atoms in total. The summed E-state index contributed by atoms with van der Waals surface area (Å²) in [6.45, 7) is 10.3. The number of aromatic nitrogens is 3. The molecular weight excluding hydrogens is 643 g/mol. The molecule has 2 atom stereocenters. The average molecular weight is 679 g/mol. The van der Waals surface area contributed by atoms with Crippen LogP contribution >= 0.6 is 15.9 Å². The number of fused-ring (bicyclic) bond motifs is 7. The van der Waals surface area contributed by atoms with Gasteiger partial charge in [-0.05, 0) is 89.2 Å². The van der Waals surface area contributed by atoms with Crippen molar-refractivity contribution < 1.29 is 46.5 Å². The fourth-order valence-corrected chi connectivity index (χ4v) is 5.21. The smallest absolute Gasteiger partial charge is 0.426 e. The number of aliphatic hydroxyl groups is 1. The Morgan fingerprint density at radius 2 is 1.72 bits per heavy atom. The van der Waals surface area contributed by atoms with Gasteiger partial charge in [-0.1, -0.05) is 0 Å². The highest BCUT2D eigenvalue weighted by atomic mass is 79.9. The fourth-order valence-electron chi connectivity index (χ4n) is 4.68. The highest BCUT2D eigenvalue weighted by molar-refractivity contribution is 9.10. The van der Waals surface area contributed by atoms with E-state index in [0.29, 0.717) is 21.7 Å². The summed E-state index contributed by atoms with van der Waals surface area (Å²) in [5.74, 6) is -1.34. The number of hydrogen-bond acceptors (Lipinski definition) is 11. The lowest BCUT2D eigenvalue weighted by Gasteiger charge is -2.31. The highest BCUT2D eigenvalue weighted by Crippen LogP contribution is 2.44. The van der Waals surface area contributed by atoms with Crippen LogP contribution in [0.15, 0.2) is 15.0 Å². The van der Waals surface area contributed by atoms with Crippen LogP contribution in [0.4, 0.5) is 34.3 Å². The van der Waals surface area contributed by atoms with Crippen molar-refractivity contribution in [1.82, 2.24) is 15.2 Å². The first kappa shape index (κ1) is 32.9. The second-order valence-electron chi connectivity index (χ2n) is 12.4. The zero-order chi connectivity index (χ0) is 32.0. The Labute approximate surface area is 255 Å². The molecule has 2 aliphatic rings. The van der Waals surface area contributed by atoms with Gasteiger partial charge in [0.15, 0.2) is 5.69 Å². The predicted octanol–water partition coefficient (Wildman–Crippen LogP) is 6.10. The molecule has 1 unspecified atom stereocenters. The third-order valence-corrected chi connectivity index (χ3v) is 7.15. The molecule has 0 aromatic carbocycles. The van der Waals surface area contributed by atoms with Crippen LogP contribution in [0.2, 0.25) is 0 Å². The maximum atomic E-state index is 14.2. The van der Waals surface area contributed by atoms with Gasteiger partial charge < -0.3 is 28.6 Å².